The highest BCUT2D eigenvalue weighted by molar-refractivity contribution is 14.1. The summed E-state index contributed by atoms with van der Waals surface area (Å²) in [5, 5.41) is 12.7. The van der Waals surface area contributed by atoms with Crippen LogP contribution < -0.4 is 5.32 Å². The Balaban J connectivity index is 2.21. The fourth-order valence-corrected chi connectivity index (χ4v) is 2.74. The van der Waals surface area contributed by atoms with Gasteiger partial charge in [0.05, 0.1) is 5.92 Å². The Hall–Kier alpha value is -0.620. The molecule has 1 saturated heterocycles. The number of rotatable bonds is 3. The number of benzene rings is 1. The molecule has 0 bridgehead atoms. The third-order valence-corrected chi connectivity index (χ3v) is 3.97. The van der Waals surface area contributed by atoms with Crippen LogP contribution in [0, 0.1) is 3.57 Å². The highest BCUT2D eigenvalue weighted by Crippen LogP contribution is 2.26. The summed E-state index contributed by atoms with van der Waals surface area (Å²) in [5.74, 6) is -1.15. The standard InChI is InChI=1S/C13H16INO2/c14-10-6-4-9(5-7-10)12(13(16)17)11-3-1-2-8-15-11/h4-7,11-12,15H,1-3,8H2,(H,16,17). The fraction of sp³-hybridized carbons (Fsp3) is 0.462. The zero-order valence-corrected chi connectivity index (χ0v) is 11.7. The molecule has 2 unspecified atom stereocenters. The van der Waals surface area contributed by atoms with Crippen LogP contribution in [0.1, 0.15) is 30.7 Å². The molecule has 1 aromatic carbocycles. The maximum Gasteiger partial charge on any atom is 0.312 e. The van der Waals surface area contributed by atoms with Gasteiger partial charge in [-0.2, -0.15) is 0 Å². The lowest BCUT2D eigenvalue weighted by atomic mass is 9.86. The van der Waals surface area contributed by atoms with E-state index in [4.69, 9.17) is 0 Å². The van der Waals surface area contributed by atoms with Gasteiger partial charge in [-0.25, -0.2) is 0 Å². The van der Waals surface area contributed by atoms with Crippen LogP contribution in [0.4, 0.5) is 0 Å². The lowest BCUT2D eigenvalue weighted by Crippen LogP contribution is -2.41. The minimum Gasteiger partial charge on any atom is -0.481 e. The van der Waals surface area contributed by atoms with E-state index in [1.807, 2.05) is 24.3 Å². The molecule has 0 amide bonds. The van der Waals surface area contributed by atoms with Gasteiger partial charge in [0.1, 0.15) is 0 Å². The Labute approximate surface area is 115 Å². The van der Waals surface area contributed by atoms with Gasteiger partial charge in [0.15, 0.2) is 0 Å². The van der Waals surface area contributed by atoms with Crippen molar-refractivity contribution in [1.82, 2.24) is 5.32 Å². The molecule has 0 saturated carbocycles. The first kappa shape index (κ1) is 12.8. The number of hydrogen-bond acceptors (Lipinski definition) is 2. The fourth-order valence-electron chi connectivity index (χ4n) is 2.38. The van der Waals surface area contributed by atoms with Crippen molar-refractivity contribution < 1.29 is 9.90 Å². The van der Waals surface area contributed by atoms with Gasteiger partial charge in [0, 0.05) is 9.61 Å². The van der Waals surface area contributed by atoms with E-state index in [0.717, 1.165) is 34.9 Å². The van der Waals surface area contributed by atoms with E-state index in [-0.39, 0.29) is 6.04 Å². The average Bonchev–Trinajstić information content (AvgIpc) is 2.33. The number of halogens is 1. The molecule has 1 aliphatic rings. The lowest BCUT2D eigenvalue weighted by Gasteiger charge is -2.29. The molecular formula is C13H16INO2. The molecular weight excluding hydrogens is 329 g/mol. The molecule has 3 nitrogen and oxygen atoms in total. The summed E-state index contributed by atoms with van der Waals surface area (Å²) in [7, 11) is 0. The topological polar surface area (TPSA) is 49.3 Å². The molecule has 0 aliphatic carbocycles. The van der Waals surface area contributed by atoms with Crippen LogP contribution in [0.25, 0.3) is 0 Å². The minimum atomic E-state index is -0.731. The van der Waals surface area contributed by atoms with Crippen LogP contribution >= 0.6 is 22.6 Å². The highest BCUT2D eigenvalue weighted by Gasteiger charge is 2.30. The first-order valence-corrected chi connectivity index (χ1v) is 6.98. The van der Waals surface area contributed by atoms with E-state index >= 15 is 0 Å². The largest absolute Gasteiger partial charge is 0.481 e. The summed E-state index contributed by atoms with van der Waals surface area (Å²) in [6.07, 6.45) is 3.21. The monoisotopic (exact) mass is 345 g/mol. The third kappa shape index (κ3) is 3.19. The van der Waals surface area contributed by atoms with Crippen LogP contribution in [-0.4, -0.2) is 23.7 Å². The Morgan fingerprint density at radius 3 is 2.59 bits per heavy atom. The maximum absolute atomic E-state index is 11.4. The van der Waals surface area contributed by atoms with Crippen molar-refractivity contribution in [1.29, 1.82) is 0 Å². The molecule has 2 rings (SSSR count). The van der Waals surface area contributed by atoms with Gasteiger partial charge in [-0.1, -0.05) is 18.6 Å². The highest BCUT2D eigenvalue weighted by atomic mass is 127. The van der Waals surface area contributed by atoms with Gasteiger partial charge >= 0.3 is 5.97 Å². The van der Waals surface area contributed by atoms with E-state index in [9.17, 15) is 9.90 Å². The molecule has 0 radical (unpaired) electrons. The number of carbonyl (C=O) groups is 1. The van der Waals surface area contributed by atoms with Gasteiger partial charge in [-0.3, -0.25) is 4.79 Å². The zero-order chi connectivity index (χ0) is 12.3. The second kappa shape index (κ2) is 5.82. The third-order valence-electron chi connectivity index (χ3n) is 3.25. The Kier molecular flexibility index (Phi) is 4.39. The Morgan fingerprint density at radius 2 is 2.06 bits per heavy atom. The van der Waals surface area contributed by atoms with Crippen LogP contribution in [0.15, 0.2) is 24.3 Å². The zero-order valence-electron chi connectivity index (χ0n) is 9.53. The van der Waals surface area contributed by atoms with E-state index < -0.39 is 11.9 Å². The number of nitrogens with one attached hydrogen (secondary N) is 1. The van der Waals surface area contributed by atoms with Crippen molar-refractivity contribution in [2.75, 3.05) is 6.54 Å². The normalized spacial score (nSPS) is 22.1. The second-order valence-electron chi connectivity index (χ2n) is 4.42. The first-order chi connectivity index (χ1) is 8.18. The number of aliphatic carboxylic acids is 1. The molecule has 2 N–H and O–H groups in total. The molecule has 17 heavy (non-hydrogen) atoms. The molecule has 0 aromatic heterocycles. The summed E-state index contributed by atoms with van der Waals surface area (Å²) < 4.78 is 1.13. The minimum absolute atomic E-state index is 0.0707. The van der Waals surface area contributed by atoms with Crippen LogP contribution in [0.3, 0.4) is 0 Å². The van der Waals surface area contributed by atoms with E-state index in [0.29, 0.717) is 0 Å². The SMILES string of the molecule is O=C(O)C(c1ccc(I)cc1)C1CCCCN1. The smallest absolute Gasteiger partial charge is 0.312 e. The van der Waals surface area contributed by atoms with Gasteiger partial charge < -0.3 is 10.4 Å². The molecule has 0 spiro atoms. The molecule has 2 atom stereocenters. The van der Waals surface area contributed by atoms with Crippen molar-refractivity contribution >= 4 is 28.6 Å². The predicted molar refractivity (Wildman–Crippen MR) is 75.2 cm³/mol. The van der Waals surface area contributed by atoms with Gasteiger partial charge in [0.25, 0.3) is 0 Å². The molecule has 1 aliphatic heterocycles. The molecule has 92 valence electrons. The Bertz CT molecular complexity index is 385. The molecule has 1 aromatic rings. The summed E-state index contributed by atoms with van der Waals surface area (Å²) in [6.45, 7) is 0.929. The van der Waals surface area contributed by atoms with Crippen molar-refractivity contribution in [2.24, 2.45) is 0 Å². The van der Waals surface area contributed by atoms with Crippen molar-refractivity contribution in [3.8, 4) is 0 Å². The second-order valence-corrected chi connectivity index (χ2v) is 5.67. The number of carboxylic acid groups (broad SMARTS) is 1. The number of piperidine rings is 1. The van der Waals surface area contributed by atoms with Crippen molar-refractivity contribution in [2.45, 2.75) is 31.2 Å². The van der Waals surface area contributed by atoms with Gasteiger partial charge in [-0.15, -0.1) is 0 Å². The maximum atomic E-state index is 11.4. The van der Waals surface area contributed by atoms with Crippen LogP contribution in [0.5, 0.6) is 0 Å². The average molecular weight is 345 g/mol. The summed E-state index contributed by atoms with van der Waals surface area (Å²) in [5.41, 5.74) is 0.900. The summed E-state index contributed by atoms with van der Waals surface area (Å²) in [6, 6.07) is 7.86. The Morgan fingerprint density at radius 1 is 1.35 bits per heavy atom. The molecule has 1 fully saturated rings. The summed E-state index contributed by atoms with van der Waals surface area (Å²) in [4.78, 5) is 11.4. The van der Waals surface area contributed by atoms with E-state index in [1.54, 1.807) is 0 Å². The molecule has 4 heteroatoms. The van der Waals surface area contributed by atoms with Crippen LogP contribution in [-0.2, 0) is 4.79 Å². The van der Waals surface area contributed by atoms with Crippen molar-refractivity contribution in [3.63, 3.8) is 0 Å². The lowest BCUT2D eigenvalue weighted by molar-refractivity contribution is -0.139. The van der Waals surface area contributed by atoms with Crippen molar-refractivity contribution in [3.05, 3.63) is 33.4 Å². The first-order valence-electron chi connectivity index (χ1n) is 5.90. The number of carboxylic acids is 1. The van der Waals surface area contributed by atoms with E-state index in [2.05, 4.69) is 27.9 Å². The van der Waals surface area contributed by atoms with Crippen LogP contribution in [0.2, 0.25) is 0 Å². The molecule has 1 heterocycles. The summed E-state index contributed by atoms with van der Waals surface area (Å²) >= 11 is 2.23. The predicted octanol–water partition coefficient (Wildman–Crippen LogP) is 2.60. The number of hydrogen-bond donors (Lipinski definition) is 2. The van der Waals surface area contributed by atoms with Gasteiger partial charge in [-0.05, 0) is 59.7 Å². The van der Waals surface area contributed by atoms with Gasteiger partial charge in [0.2, 0.25) is 0 Å². The van der Waals surface area contributed by atoms with E-state index in [1.165, 1.54) is 0 Å². The quantitative estimate of drug-likeness (QED) is 0.828.